The maximum absolute atomic E-state index is 12.3. The summed E-state index contributed by atoms with van der Waals surface area (Å²) in [5.74, 6) is -0.0210. The highest BCUT2D eigenvalue weighted by Gasteiger charge is 2.32. The van der Waals surface area contributed by atoms with Crippen LogP contribution in [0.3, 0.4) is 0 Å². The molecular formula is C15H22N4O. The van der Waals surface area contributed by atoms with Crippen molar-refractivity contribution in [2.75, 3.05) is 13.1 Å². The number of carbonyl (C=O) groups is 1. The van der Waals surface area contributed by atoms with Crippen LogP contribution in [0.1, 0.15) is 48.7 Å². The van der Waals surface area contributed by atoms with Gasteiger partial charge in [0, 0.05) is 31.4 Å². The summed E-state index contributed by atoms with van der Waals surface area (Å²) < 4.78 is 0. The van der Waals surface area contributed by atoms with Crippen molar-refractivity contribution < 1.29 is 4.79 Å². The summed E-state index contributed by atoms with van der Waals surface area (Å²) in [6.45, 7) is 4.23. The van der Waals surface area contributed by atoms with Crippen LogP contribution in [0.5, 0.6) is 0 Å². The van der Waals surface area contributed by atoms with Crippen molar-refractivity contribution in [1.29, 1.82) is 0 Å². The molecule has 0 aromatic carbocycles. The standard InChI is InChI=1S/C15H22N4O/c1-2-14-13(9-16-10-17-14)15(20)18-11-5-7-19(8-6-11)12-3-4-12/h9-12H,2-8H2,1H3,(H,18,20). The fourth-order valence-electron chi connectivity index (χ4n) is 2.94. The third-order valence-electron chi connectivity index (χ3n) is 4.30. The summed E-state index contributed by atoms with van der Waals surface area (Å²) in [6.07, 6.45) is 8.71. The summed E-state index contributed by atoms with van der Waals surface area (Å²) in [5, 5.41) is 3.14. The van der Waals surface area contributed by atoms with E-state index in [0.717, 1.165) is 44.1 Å². The Morgan fingerprint density at radius 3 is 2.75 bits per heavy atom. The Kier molecular flexibility index (Phi) is 3.96. The van der Waals surface area contributed by atoms with Gasteiger partial charge in [0.1, 0.15) is 6.33 Å². The van der Waals surface area contributed by atoms with Gasteiger partial charge in [0.25, 0.3) is 5.91 Å². The molecule has 1 aromatic rings. The molecule has 20 heavy (non-hydrogen) atoms. The fourth-order valence-corrected chi connectivity index (χ4v) is 2.94. The van der Waals surface area contributed by atoms with Gasteiger partial charge in [-0.25, -0.2) is 9.97 Å². The Morgan fingerprint density at radius 1 is 1.35 bits per heavy atom. The third-order valence-corrected chi connectivity index (χ3v) is 4.30. The average Bonchev–Trinajstić information content (AvgIpc) is 3.32. The van der Waals surface area contributed by atoms with Crippen LogP contribution in [0.4, 0.5) is 0 Å². The Labute approximate surface area is 119 Å². The van der Waals surface area contributed by atoms with Crippen LogP contribution < -0.4 is 5.32 Å². The molecule has 108 valence electrons. The highest BCUT2D eigenvalue weighted by atomic mass is 16.1. The third kappa shape index (κ3) is 2.98. The van der Waals surface area contributed by atoms with Crippen LogP contribution >= 0.6 is 0 Å². The van der Waals surface area contributed by atoms with Crippen LogP contribution in [-0.4, -0.2) is 45.9 Å². The van der Waals surface area contributed by atoms with Gasteiger partial charge < -0.3 is 10.2 Å². The zero-order valence-electron chi connectivity index (χ0n) is 12.0. The molecule has 2 heterocycles. The molecule has 0 unspecified atom stereocenters. The van der Waals surface area contributed by atoms with E-state index in [4.69, 9.17) is 0 Å². The molecule has 0 bridgehead atoms. The van der Waals surface area contributed by atoms with E-state index in [2.05, 4.69) is 20.2 Å². The molecular weight excluding hydrogens is 252 g/mol. The molecule has 1 saturated heterocycles. The van der Waals surface area contributed by atoms with Crippen LogP contribution in [0.2, 0.25) is 0 Å². The first-order valence-electron chi connectivity index (χ1n) is 7.61. The second-order valence-electron chi connectivity index (χ2n) is 5.75. The first kappa shape index (κ1) is 13.5. The molecule has 1 N–H and O–H groups in total. The van der Waals surface area contributed by atoms with E-state index in [1.165, 1.54) is 19.2 Å². The SMILES string of the molecule is CCc1ncncc1C(=O)NC1CCN(C2CC2)CC1. The number of amides is 1. The molecule has 0 spiro atoms. The lowest BCUT2D eigenvalue weighted by Crippen LogP contribution is -2.45. The van der Waals surface area contributed by atoms with E-state index in [0.29, 0.717) is 11.6 Å². The molecule has 0 radical (unpaired) electrons. The maximum atomic E-state index is 12.3. The first-order chi connectivity index (χ1) is 9.78. The van der Waals surface area contributed by atoms with Crippen molar-refractivity contribution in [3.63, 3.8) is 0 Å². The number of nitrogens with one attached hydrogen (secondary N) is 1. The average molecular weight is 274 g/mol. The van der Waals surface area contributed by atoms with Gasteiger partial charge in [-0.1, -0.05) is 6.92 Å². The molecule has 1 amide bonds. The van der Waals surface area contributed by atoms with Gasteiger partial charge in [-0.05, 0) is 32.1 Å². The molecule has 1 aliphatic carbocycles. The minimum Gasteiger partial charge on any atom is -0.349 e. The van der Waals surface area contributed by atoms with Gasteiger partial charge in [0.2, 0.25) is 0 Å². The van der Waals surface area contributed by atoms with Gasteiger partial charge in [0.05, 0.1) is 11.3 Å². The predicted octanol–water partition coefficient (Wildman–Crippen LogP) is 1.40. The molecule has 2 fully saturated rings. The van der Waals surface area contributed by atoms with Crippen LogP contribution in [0, 0.1) is 0 Å². The molecule has 1 aliphatic heterocycles. The lowest BCUT2D eigenvalue weighted by Gasteiger charge is -2.32. The Hall–Kier alpha value is -1.49. The zero-order valence-corrected chi connectivity index (χ0v) is 12.0. The summed E-state index contributed by atoms with van der Waals surface area (Å²) in [5.41, 5.74) is 1.45. The van der Waals surface area contributed by atoms with Crippen molar-refractivity contribution in [2.24, 2.45) is 0 Å². The molecule has 5 nitrogen and oxygen atoms in total. The Morgan fingerprint density at radius 2 is 2.10 bits per heavy atom. The van der Waals surface area contributed by atoms with E-state index in [9.17, 15) is 4.79 Å². The number of hydrogen-bond donors (Lipinski definition) is 1. The Bertz CT molecular complexity index is 479. The normalized spacial score (nSPS) is 20.9. The van der Waals surface area contributed by atoms with Crippen molar-refractivity contribution in [3.8, 4) is 0 Å². The minimum absolute atomic E-state index is 0.0210. The van der Waals surface area contributed by atoms with Crippen LogP contribution in [-0.2, 0) is 6.42 Å². The van der Waals surface area contributed by atoms with E-state index >= 15 is 0 Å². The second-order valence-corrected chi connectivity index (χ2v) is 5.75. The second kappa shape index (κ2) is 5.87. The van der Waals surface area contributed by atoms with E-state index in [-0.39, 0.29) is 5.91 Å². The van der Waals surface area contributed by atoms with Gasteiger partial charge in [-0.15, -0.1) is 0 Å². The van der Waals surface area contributed by atoms with E-state index < -0.39 is 0 Å². The number of rotatable bonds is 4. The molecule has 5 heteroatoms. The van der Waals surface area contributed by atoms with Crippen molar-refractivity contribution >= 4 is 5.91 Å². The number of aromatic nitrogens is 2. The molecule has 2 aliphatic rings. The van der Waals surface area contributed by atoms with Crippen LogP contribution in [0.15, 0.2) is 12.5 Å². The quantitative estimate of drug-likeness (QED) is 0.901. The van der Waals surface area contributed by atoms with Crippen molar-refractivity contribution in [3.05, 3.63) is 23.8 Å². The monoisotopic (exact) mass is 274 g/mol. The summed E-state index contributed by atoms with van der Waals surface area (Å²) in [6, 6.07) is 1.13. The number of likely N-dealkylation sites (tertiary alicyclic amines) is 1. The van der Waals surface area contributed by atoms with Crippen LogP contribution in [0.25, 0.3) is 0 Å². The molecule has 1 aromatic heterocycles. The van der Waals surface area contributed by atoms with Crippen molar-refractivity contribution in [2.45, 2.75) is 51.1 Å². The topological polar surface area (TPSA) is 58.1 Å². The van der Waals surface area contributed by atoms with Crippen molar-refractivity contribution in [1.82, 2.24) is 20.2 Å². The molecule has 0 atom stereocenters. The molecule has 1 saturated carbocycles. The maximum Gasteiger partial charge on any atom is 0.254 e. The van der Waals surface area contributed by atoms with E-state index in [1.54, 1.807) is 6.20 Å². The highest BCUT2D eigenvalue weighted by molar-refractivity contribution is 5.95. The number of piperidine rings is 1. The highest BCUT2D eigenvalue weighted by Crippen LogP contribution is 2.29. The number of nitrogens with zero attached hydrogens (tertiary/aromatic N) is 3. The lowest BCUT2D eigenvalue weighted by molar-refractivity contribution is 0.0907. The van der Waals surface area contributed by atoms with E-state index in [1.807, 2.05) is 6.92 Å². The smallest absolute Gasteiger partial charge is 0.254 e. The number of carbonyl (C=O) groups excluding carboxylic acids is 1. The predicted molar refractivity (Wildman–Crippen MR) is 76.5 cm³/mol. The first-order valence-corrected chi connectivity index (χ1v) is 7.61. The van der Waals surface area contributed by atoms with Gasteiger partial charge >= 0.3 is 0 Å². The Balaban J connectivity index is 1.56. The number of aryl methyl sites for hydroxylation is 1. The lowest BCUT2D eigenvalue weighted by atomic mass is 10.0. The van der Waals surface area contributed by atoms with Gasteiger partial charge in [-0.2, -0.15) is 0 Å². The molecule has 3 rings (SSSR count). The van der Waals surface area contributed by atoms with Gasteiger partial charge in [0.15, 0.2) is 0 Å². The minimum atomic E-state index is -0.0210. The van der Waals surface area contributed by atoms with Gasteiger partial charge in [-0.3, -0.25) is 4.79 Å². The summed E-state index contributed by atoms with van der Waals surface area (Å²) in [4.78, 5) is 23.0. The fraction of sp³-hybridized carbons (Fsp3) is 0.667. The number of hydrogen-bond acceptors (Lipinski definition) is 4. The summed E-state index contributed by atoms with van der Waals surface area (Å²) >= 11 is 0. The zero-order chi connectivity index (χ0) is 13.9. The summed E-state index contributed by atoms with van der Waals surface area (Å²) in [7, 11) is 0. The largest absolute Gasteiger partial charge is 0.349 e.